The fourth-order valence-corrected chi connectivity index (χ4v) is 2.08. The molecule has 0 bridgehead atoms. The van der Waals surface area contributed by atoms with Crippen molar-refractivity contribution in [2.45, 2.75) is 64.1 Å². The van der Waals surface area contributed by atoms with Crippen molar-refractivity contribution in [2.75, 3.05) is 13.7 Å². The minimum atomic E-state index is 0.0646. The van der Waals surface area contributed by atoms with Crippen LogP contribution in [-0.2, 0) is 9.47 Å². The van der Waals surface area contributed by atoms with Crippen molar-refractivity contribution in [2.24, 2.45) is 0 Å². The lowest BCUT2D eigenvalue weighted by atomic mass is 9.90. The van der Waals surface area contributed by atoms with E-state index >= 15 is 0 Å². The molecule has 84 valence electrons. The van der Waals surface area contributed by atoms with Crippen LogP contribution in [0.25, 0.3) is 0 Å². The van der Waals surface area contributed by atoms with E-state index in [-0.39, 0.29) is 5.60 Å². The molecular formula is C12H24O2. The summed E-state index contributed by atoms with van der Waals surface area (Å²) in [6.45, 7) is 5.30. The highest BCUT2D eigenvalue weighted by Crippen LogP contribution is 2.29. The lowest BCUT2D eigenvalue weighted by molar-refractivity contribution is -0.114. The van der Waals surface area contributed by atoms with Gasteiger partial charge in [-0.2, -0.15) is 0 Å². The van der Waals surface area contributed by atoms with E-state index in [1.807, 2.05) is 7.11 Å². The standard InChI is InChI=1S/C12H24O2/c1-4-5-6-7-11-10-12(2,13-3)8-9-14-11/h11H,4-10H2,1-3H3. The van der Waals surface area contributed by atoms with Crippen LogP contribution in [0.4, 0.5) is 0 Å². The number of rotatable bonds is 5. The summed E-state index contributed by atoms with van der Waals surface area (Å²) >= 11 is 0. The molecule has 2 atom stereocenters. The first-order valence-corrected chi connectivity index (χ1v) is 5.87. The molecule has 0 N–H and O–H groups in total. The average molecular weight is 200 g/mol. The van der Waals surface area contributed by atoms with E-state index in [0.29, 0.717) is 6.10 Å². The third kappa shape index (κ3) is 3.58. The monoisotopic (exact) mass is 200 g/mol. The fraction of sp³-hybridized carbons (Fsp3) is 1.00. The molecule has 0 aromatic rings. The number of unbranched alkanes of at least 4 members (excludes halogenated alkanes) is 2. The van der Waals surface area contributed by atoms with Crippen LogP contribution in [0.2, 0.25) is 0 Å². The lowest BCUT2D eigenvalue weighted by Crippen LogP contribution is -2.39. The molecule has 0 spiro atoms. The molecule has 0 aromatic carbocycles. The first-order valence-electron chi connectivity index (χ1n) is 5.87. The van der Waals surface area contributed by atoms with Crippen LogP contribution in [0.1, 0.15) is 52.4 Å². The normalized spacial score (nSPS) is 33.2. The number of ether oxygens (including phenoxy) is 2. The van der Waals surface area contributed by atoms with E-state index in [9.17, 15) is 0 Å². The Hall–Kier alpha value is -0.0800. The lowest BCUT2D eigenvalue weighted by Gasteiger charge is -2.37. The van der Waals surface area contributed by atoms with Gasteiger partial charge in [-0.1, -0.05) is 26.2 Å². The molecule has 1 aliphatic rings. The highest BCUT2D eigenvalue weighted by molar-refractivity contribution is 4.83. The van der Waals surface area contributed by atoms with Crippen LogP contribution < -0.4 is 0 Å². The maximum atomic E-state index is 5.74. The van der Waals surface area contributed by atoms with Crippen molar-refractivity contribution in [3.05, 3.63) is 0 Å². The van der Waals surface area contributed by atoms with Crippen LogP contribution in [0.15, 0.2) is 0 Å². The summed E-state index contributed by atoms with van der Waals surface area (Å²) in [5.74, 6) is 0. The van der Waals surface area contributed by atoms with Gasteiger partial charge in [0.05, 0.1) is 11.7 Å². The maximum absolute atomic E-state index is 5.74. The van der Waals surface area contributed by atoms with Gasteiger partial charge >= 0.3 is 0 Å². The van der Waals surface area contributed by atoms with Crippen molar-refractivity contribution < 1.29 is 9.47 Å². The summed E-state index contributed by atoms with van der Waals surface area (Å²) in [6.07, 6.45) is 7.63. The average Bonchev–Trinajstić information content (AvgIpc) is 2.19. The molecule has 2 nitrogen and oxygen atoms in total. The Labute approximate surface area is 88.0 Å². The Morgan fingerprint density at radius 2 is 2.21 bits per heavy atom. The van der Waals surface area contributed by atoms with Gasteiger partial charge in [0.1, 0.15) is 0 Å². The summed E-state index contributed by atoms with van der Waals surface area (Å²) in [6, 6.07) is 0. The van der Waals surface area contributed by atoms with Crippen molar-refractivity contribution in [3.63, 3.8) is 0 Å². The van der Waals surface area contributed by atoms with E-state index in [1.54, 1.807) is 0 Å². The van der Waals surface area contributed by atoms with Gasteiger partial charge in [-0.3, -0.25) is 0 Å². The Bertz CT molecular complexity index is 158. The molecular weight excluding hydrogens is 176 g/mol. The van der Waals surface area contributed by atoms with E-state index in [0.717, 1.165) is 19.4 Å². The summed E-state index contributed by atoms with van der Waals surface area (Å²) < 4.78 is 11.3. The largest absolute Gasteiger partial charge is 0.378 e. The van der Waals surface area contributed by atoms with Gasteiger partial charge in [-0.25, -0.2) is 0 Å². The van der Waals surface area contributed by atoms with Crippen molar-refractivity contribution in [1.29, 1.82) is 0 Å². The molecule has 1 heterocycles. The second-order valence-corrected chi connectivity index (χ2v) is 4.60. The van der Waals surface area contributed by atoms with Crippen molar-refractivity contribution >= 4 is 0 Å². The smallest absolute Gasteiger partial charge is 0.0697 e. The first-order chi connectivity index (χ1) is 6.70. The minimum Gasteiger partial charge on any atom is -0.378 e. The molecule has 14 heavy (non-hydrogen) atoms. The van der Waals surface area contributed by atoms with Gasteiger partial charge in [0.25, 0.3) is 0 Å². The molecule has 1 saturated heterocycles. The Balaban J connectivity index is 2.25. The second kappa shape index (κ2) is 5.72. The number of hydrogen-bond acceptors (Lipinski definition) is 2. The molecule has 1 aliphatic heterocycles. The van der Waals surface area contributed by atoms with Gasteiger partial charge in [0.2, 0.25) is 0 Å². The van der Waals surface area contributed by atoms with Crippen molar-refractivity contribution in [3.8, 4) is 0 Å². The molecule has 0 radical (unpaired) electrons. The minimum absolute atomic E-state index is 0.0646. The second-order valence-electron chi connectivity index (χ2n) is 4.60. The number of hydrogen-bond donors (Lipinski definition) is 0. The number of methoxy groups -OCH3 is 1. The van der Waals surface area contributed by atoms with Crippen LogP contribution >= 0.6 is 0 Å². The zero-order chi connectivity index (χ0) is 10.4. The maximum Gasteiger partial charge on any atom is 0.0697 e. The van der Waals surface area contributed by atoms with Gasteiger partial charge in [-0.15, -0.1) is 0 Å². The van der Waals surface area contributed by atoms with Crippen LogP contribution in [0.3, 0.4) is 0 Å². The Morgan fingerprint density at radius 1 is 1.43 bits per heavy atom. The van der Waals surface area contributed by atoms with Gasteiger partial charge in [-0.05, 0) is 19.8 Å². The van der Waals surface area contributed by atoms with Gasteiger partial charge < -0.3 is 9.47 Å². The van der Waals surface area contributed by atoms with Crippen LogP contribution in [0, 0.1) is 0 Å². The van der Waals surface area contributed by atoms with Crippen molar-refractivity contribution in [1.82, 2.24) is 0 Å². The molecule has 0 aliphatic carbocycles. The topological polar surface area (TPSA) is 18.5 Å². The van der Waals surface area contributed by atoms with E-state index in [1.165, 1.54) is 25.7 Å². The van der Waals surface area contributed by atoms with Gasteiger partial charge in [0, 0.05) is 20.1 Å². The van der Waals surface area contributed by atoms with Gasteiger partial charge in [0.15, 0.2) is 0 Å². The summed E-state index contributed by atoms with van der Waals surface area (Å²) in [5, 5.41) is 0. The molecule has 0 amide bonds. The summed E-state index contributed by atoms with van der Waals surface area (Å²) in [4.78, 5) is 0. The quantitative estimate of drug-likeness (QED) is 0.635. The van der Waals surface area contributed by atoms with Crippen LogP contribution in [-0.4, -0.2) is 25.4 Å². The van der Waals surface area contributed by atoms with E-state index in [4.69, 9.17) is 9.47 Å². The zero-order valence-corrected chi connectivity index (χ0v) is 9.84. The highest BCUT2D eigenvalue weighted by Gasteiger charge is 2.32. The molecule has 2 heteroatoms. The van der Waals surface area contributed by atoms with Crippen LogP contribution in [0.5, 0.6) is 0 Å². The summed E-state index contributed by atoms with van der Waals surface area (Å²) in [5.41, 5.74) is 0.0646. The third-order valence-electron chi connectivity index (χ3n) is 3.27. The third-order valence-corrected chi connectivity index (χ3v) is 3.27. The predicted octanol–water partition coefficient (Wildman–Crippen LogP) is 3.15. The predicted molar refractivity (Wildman–Crippen MR) is 58.5 cm³/mol. The van der Waals surface area contributed by atoms with E-state index in [2.05, 4.69) is 13.8 Å². The fourth-order valence-electron chi connectivity index (χ4n) is 2.08. The highest BCUT2D eigenvalue weighted by atomic mass is 16.5. The summed E-state index contributed by atoms with van der Waals surface area (Å²) in [7, 11) is 1.81. The molecule has 0 saturated carbocycles. The SMILES string of the molecule is CCCCCC1CC(C)(OC)CCO1. The molecule has 0 aromatic heterocycles. The Kier molecular flexibility index (Phi) is 4.90. The molecule has 1 rings (SSSR count). The zero-order valence-electron chi connectivity index (χ0n) is 9.84. The first kappa shape index (κ1) is 12.0. The molecule has 1 fully saturated rings. The molecule has 2 unspecified atom stereocenters. The van der Waals surface area contributed by atoms with E-state index < -0.39 is 0 Å². The Morgan fingerprint density at radius 3 is 2.86 bits per heavy atom.